The minimum Gasteiger partial charge on any atom is -0.462 e. The van der Waals surface area contributed by atoms with Crippen LogP contribution in [0, 0.1) is 5.92 Å². The Kier molecular flexibility index (Phi) is 4.09. The van der Waals surface area contributed by atoms with E-state index in [1.165, 1.54) is 0 Å². The van der Waals surface area contributed by atoms with Crippen molar-refractivity contribution in [3.63, 3.8) is 0 Å². The van der Waals surface area contributed by atoms with Gasteiger partial charge in [0, 0.05) is 18.6 Å². The van der Waals surface area contributed by atoms with Crippen molar-refractivity contribution in [1.82, 2.24) is 14.5 Å². The first kappa shape index (κ1) is 13.5. The Hall–Kier alpha value is -2.43. The molecule has 0 amide bonds. The van der Waals surface area contributed by atoms with Crippen LogP contribution in [-0.4, -0.2) is 27.1 Å². The van der Waals surface area contributed by atoms with Crippen LogP contribution in [0.15, 0.2) is 49.2 Å². The smallest absolute Gasteiger partial charge is 0.339 e. The zero-order valence-corrected chi connectivity index (χ0v) is 11.7. The molecule has 0 saturated carbocycles. The number of hydrogen-bond donors (Lipinski definition) is 0. The Bertz CT molecular complexity index is 617. The summed E-state index contributed by atoms with van der Waals surface area (Å²) in [5.74, 6) is 0.854. The molecule has 0 fully saturated rings. The second-order valence-corrected chi connectivity index (χ2v) is 5.12. The van der Waals surface area contributed by atoms with Crippen LogP contribution in [0.25, 0.3) is 5.82 Å². The first-order valence-electron chi connectivity index (χ1n) is 7.09. The molecular formula is C16H17N3O2. The molecule has 1 aliphatic carbocycles. The number of aromatic nitrogens is 3. The lowest BCUT2D eigenvalue weighted by Crippen LogP contribution is -2.15. The fourth-order valence-electron chi connectivity index (χ4n) is 2.34. The van der Waals surface area contributed by atoms with Gasteiger partial charge in [-0.05, 0) is 37.3 Å². The first-order valence-corrected chi connectivity index (χ1v) is 7.09. The minimum atomic E-state index is -0.311. The molecule has 0 aromatic carbocycles. The van der Waals surface area contributed by atoms with Crippen LogP contribution in [0.4, 0.5) is 0 Å². The summed E-state index contributed by atoms with van der Waals surface area (Å²) in [5, 5.41) is 0. The zero-order valence-electron chi connectivity index (χ0n) is 11.7. The van der Waals surface area contributed by atoms with Crippen molar-refractivity contribution in [2.75, 3.05) is 6.61 Å². The lowest BCUT2D eigenvalue weighted by atomic mass is 9.95. The molecule has 0 bridgehead atoms. The predicted molar refractivity (Wildman–Crippen MR) is 78.1 cm³/mol. The molecule has 0 N–H and O–H groups in total. The number of pyridine rings is 1. The number of rotatable bonds is 4. The van der Waals surface area contributed by atoms with E-state index in [2.05, 4.69) is 22.1 Å². The number of carbonyl (C=O) groups excluding carboxylic acids is 1. The SMILES string of the molecule is O=C(OC[C@H]1CC=CCC1)c1ccc(-n2ccnc2)nc1. The van der Waals surface area contributed by atoms with Gasteiger partial charge >= 0.3 is 5.97 Å². The maximum atomic E-state index is 12.0. The van der Waals surface area contributed by atoms with E-state index in [1.54, 1.807) is 41.6 Å². The van der Waals surface area contributed by atoms with Crippen molar-refractivity contribution in [3.05, 3.63) is 54.8 Å². The van der Waals surface area contributed by atoms with Crippen LogP contribution < -0.4 is 0 Å². The van der Waals surface area contributed by atoms with Gasteiger partial charge < -0.3 is 4.74 Å². The molecule has 3 rings (SSSR count). The summed E-state index contributed by atoms with van der Waals surface area (Å²) in [4.78, 5) is 20.2. The Morgan fingerprint density at radius 1 is 1.38 bits per heavy atom. The Morgan fingerprint density at radius 3 is 3.00 bits per heavy atom. The largest absolute Gasteiger partial charge is 0.462 e. The van der Waals surface area contributed by atoms with Crippen LogP contribution in [0.1, 0.15) is 29.6 Å². The van der Waals surface area contributed by atoms with E-state index in [-0.39, 0.29) is 5.97 Å². The zero-order chi connectivity index (χ0) is 14.5. The third-order valence-corrected chi connectivity index (χ3v) is 3.58. The van der Waals surface area contributed by atoms with E-state index < -0.39 is 0 Å². The van der Waals surface area contributed by atoms with Crippen molar-refractivity contribution < 1.29 is 9.53 Å². The highest BCUT2D eigenvalue weighted by Crippen LogP contribution is 2.18. The van der Waals surface area contributed by atoms with E-state index in [1.807, 2.05) is 0 Å². The van der Waals surface area contributed by atoms with E-state index in [0.717, 1.165) is 25.1 Å². The van der Waals surface area contributed by atoms with Gasteiger partial charge in [0.15, 0.2) is 0 Å². The average Bonchev–Trinajstić information content (AvgIpc) is 3.08. The molecule has 1 atom stereocenters. The molecule has 0 unspecified atom stereocenters. The van der Waals surface area contributed by atoms with Gasteiger partial charge in [0.05, 0.1) is 12.2 Å². The van der Waals surface area contributed by atoms with Crippen LogP contribution in [-0.2, 0) is 4.74 Å². The third-order valence-electron chi connectivity index (χ3n) is 3.58. The van der Waals surface area contributed by atoms with Gasteiger partial charge in [-0.3, -0.25) is 4.57 Å². The summed E-state index contributed by atoms with van der Waals surface area (Å²) in [6.07, 6.45) is 14.2. The first-order chi connectivity index (χ1) is 10.3. The highest BCUT2D eigenvalue weighted by atomic mass is 16.5. The molecule has 0 radical (unpaired) electrons. The molecule has 1 aliphatic rings. The van der Waals surface area contributed by atoms with Gasteiger partial charge in [-0.25, -0.2) is 14.8 Å². The monoisotopic (exact) mass is 283 g/mol. The fourth-order valence-corrected chi connectivity index (χ4v) is 2.34. The summed E-state index contributed by atoms with van der Waals surface area (Å²) in [5.41, 5.74) is 0.477. The van der Waals surface area contributed by atoms with Crippen molar-refractivity contribution >= 4 is 5.97 Å². The maximum Gasteiger partial charge on any atom is 0.339 e. The Morgan fingerprint density at radius 2 is 2.33 bits per heavy atom. The van der Waals surface area contributed by atoms with Crippen LogP contribution >= 0.6 is 0 Å². The van der Waals surface area contributed by atoms with Crippen molar-refractivity contribution in [1.29, 1.82) is 0 Å². The van der Waals surface area contributed by atoms with E-state index >= 15 is 0 Å². The normalized spacial score (nSPS) is 17.6. The number of allylic oxidation sites excluding steroid dienone is 2. The maximum absolute atomic E-state index is 12.0. The lowest BCUT2D eigenvalue weighted by Gasteiger charge is -2.17. The van der Waals surface area contributed by atoms with Gasteiger partial charge in [-0.1, -0.05) is 12.2 Å². The predicted octanol–water partition coefficient (Wildman–Crippen LogP) is 2.78. The molecule has 108 valence electrons. The van der Waals surface area contributed by atoms with Gasteiger partial charge in [-0.2, -0.15) is 0 Å². The number of esters is 1. The Balaban J connectivity index is 1.58. The molecule has 0 aliphatic heterocycles. The van der Waals surface area contributed by atoms with E-state index in [4.69, 9.17) is 4.74 Å². The van der Waals surface area contributed by atoms with Gasteiger partial charge in [0.2, 0.25) is 0 Å². The molecule has 0 saturated heterocycles. The van der Waals surface area contributed by atoms with Gasteiger partial charge in [0.1, 0.15) is 12.1 Å². The number of ether oxygens (including phenoxy) is 1. The average molecular weight is 283 g/mol. The summed E-state index contributed by atoms with van der Waals surface area (Å²) >= 11 is 0. The van der Waals surface area contributed by atoms with Crippen molar-refractivity contribution in [3.8, 4) is 5.82 Å². The second kappa shape index (κ2) is 6.35. The Labute approximate surface area is 123 Å². The standard InChI is InChI=1S/C16H17N3O2/c20-16(21-11-13-4-2-1-3-5-13)14-6-7-15(18-10-14)19-9-8-17-12-19/h1-2,6-10,12-13H,3-5,11H2/t13-/m0/s1. The third kappa shape index (κ3) is 3.37. The number of imidazole rings is 1. The molecule has 5 nitrogen and oxygen atoms in total. The molecule has 0 spiro atoms. The van der Waals surface area contributed by atoms with E-state index in [0.29, 0.717) is 18.1 Å². The molecule has 21 heavy (non-hydrogen) atoms. The molecule has 2 heterocycles. The topological polar surface area (TPSA) is 57.0 Å². The summed E-state index contributed by atoms with van der Waals surface area (Å²) in [7, 11) is 0. The van der Waals surface area contributed by atoms with Crippen molar-refractivity contribution in [2.24, 2.45) is 5.92 Å². The molecule has 5 heteroatoms. The minimum absolute atomic E-state index is 0.311. The molecular weight excluding hydrogens is 266 g/mol. The number of nitrogens with zero attached hydrogens (tertiary/aromatic N) is 3. The number of hydrogen-bond acceptors (Lipinski definition) is 4. The molecule has 2 aromatic heterocycles. The van der Waals surface area contributed by atoms with Crippen LogP contribution in [0.5, 0.6) is 0 Å². The summed E-state index contributed by atoms with van der Waals surface area (Å²) in [6.45, 7) is 0.479. The molecule has 2 aromatic rings. The summed E-state index contributed by atoms with van der Waals surface area (Å²) < 4.78 is 7.15. The lowest BCUT2D eigenvalue weighted by molar-refractivity contribution is 0.0432. The summed E-state index contributed by atoms with van der Waals surface area (Å²) in [6, 6.07) is 3.51. The van der Waals surface area contributed by atoms with Gasteiger partial charge in [-0.15, -0.1) is 0 Å². The van der Waals surface area contributed by atoms with Crippen LogP contribution in [0.3, 0.4) is 0 Å². The second-order valence-electron chi connectivity index (χ2n) is 5.12. The highest BCUT2D eigenvalue weighted by Gasteiger charge is 2.14. The quantitative estimate of drug-likeness (QED) is 0.639. The number of carbonyl (C=O) groups is 1. The van der Waals surface area contributed by atoms with Gasteiger partial charge in [0.25, 0.3) is 0 Å². The van der Waals surface area contributed by atoms with Crippen molar-refractivity contribution in [2.45, 2.75) is 19.3 Å². The fraction of sp³-hybridized carbons (Fsp3) is 0.312. The van der Waals surface area contributed by atoms with Crippen LogP contribution in [0.2, 0.25) is 0 Å². The van der Waals surface area contributed by atoms with E-state index in [9.17, 15) is 4.79 Å². The highest BCUT2D eigenvalue weighted by molar-refractivity contribution is 5.89.